The van der Waals surface area contributed by atoms with Gasteiger partial charge in [-0.15, -0.1) is 0 Å². The Kier molecular flexibility index (Phi) is 9.06. The Balaban J connectivity index is 1.08. The largest absolute Gasteiger partial charge is 0.489 e. The first-order chi connectivity index (χ1) is 20.8. The summed E-state index contributed by atoms with van der Waals surface area (Å²) in [4.78, 5) is 0. The van der Waals surface area contributed by atoms with Crippen LogP contribution in [0.15, 0.2) is 131 Å². The van der Waals surface area contributed by atoms with Crippen LogP contribution in [0.5, 0.6) is 11.5 Å². The molecule has 0 amide bonds. The fraction of sp³-hybridized carbons (Fsp3) is 0.0526. The second kappa shape index (κ2) is 13.8. The molecule has 206 valence electrons. The van der Waals surface area contributed by atoms with Crippen LogP contribution in [0.2, 0.25) is 0 Å². The average Bonchev–Trinajstić information content (AvgIpc) is 3.72. The van der Waals surface area contributed by atoms with Crippen molar-refractivity contribution in [3.8, 4) is 22.6 Å². The van der Waals surface area contributed by atoms with Gasteiger partial charge in [0, 0.05) is 11.1 Å². The molecule has 4 heteroatoms. The Bertz CT molecular complexity index is 1610. The van der Waals surface area contributed by atoms with Crippen molar-refractivity contribution in [2.24, 2.45) is 0 Å². The molecule has 2 aromatic heterocycles. The van der Waals surface area contributed by atoms with Crippen molar-refractivity contribution in [2.45, 2.75) is 13.2 Å². The van der Waals surface area contributed by atoms with Gasteiger partial charge in [0.1, 0.15) is 24.7 Å². The molecular formula is C38H30O2S2. The highest BCUT2D eigenvalue weighted by molar-refractivity contribution is 7.09. The molecule has 0 aliphatic rings. The smallest absolute Gasteiger partial charge is 0.119 e. The van der Waals surface area contributed by atoms with Crippen molar-refractivity contribution in [3.63, 3.8) is 0 Å². The molecule has 6 aromatic rings. The van der Waals surface area contributed by atoms with E-state index >= 15 is 0 Å². The van der Waals surface area contributed by atoms with Crippen LogP contribution in [0.25, 0.3) is 35.4 Å². The lowest BCUT2D eigenvalue weighted by Gasteiger charge is -2.06. The van der Waals surface area contributed by atoms with E-state index in [4.69, 9.17) is 9.47 Å². The van der Waals surface area contributed by atoms with E-state index in [1.165, 1.54) is 22.3 Å². The Morgan fingerprint density at radius 3 is 1.24 bits per heavy atom. The van der Waals surface area contributed by atoms with Gasteiger partial charge in [0.25, 0.3) is 0 Å². The van der Waals surface area contributed by atoms with Crippen LogP contribution in [-0.4, -0.2) is 0 Å². The zero-order valence-electron chi connectivity index (χ0n) is 23.1. The standard InChI is InChI=1S/C38H30O2S2/c1-3-7-31(8-4-1)23-39-35-19-13-29(14-20-35)11-17-33-25-41-27-37(33)38-28-42-26-34(38)18-12-30-15-21-36(22-16-30)40-24-32-9-5-2-6-10-32/h1-22,25-28H,23-24H2. The van der Waals surface area contributed by atoms with Crippen LogP contribution < -0.4 is 9.47 Å². The van der Waals surface area contributed by atoms with Gasteiger partial charge in [-0.05, 0) is 79.2 Å². The summed E-state index contributed by atoms with van der Waals surface area (Å²) in [6, 6.07) is 37.0. The topological polar surface area (TPSA) is 18.5 Å². The quantitative estimate of drug-likeness (QED) is 0.151. The minimum absolute atomic E-state index is 0.570. The van der Waals surface area contributed by atoms with Crippen LogP contribution >= 0.6 is 22.7 Å². The Labute approximate surface area is 255 Å². The van der Waals surface area contributed by atoms with E-state index in [0.29, 0.717) is 13.2 Å². The van der Waals surface area contributed by atoms with Crippen LogP contribution in [-0.2, 0) is 13.2 Å². The molecule has 0 atom stereocenters. The van der Waals surface area contributed by atoms with Crippen molar-refractivity contribution in [1.29, 1.82) is 0 Å². The van der Waals surface area contributed by atoms with E-state index in [9.17, 15) is 0 Å². The van der Waals surface area contributed by atoms with Gasteiger partial charge < -0.3 is 9.47 Å². The minimum atomic E-state index is 0.570. The predicted octanol–water partition coefficient (Wildman–Crippen LogP) is 11.0. The van der Waals surface area contributed by atoms with Crippen molar-refractivity contribution in [2.75, 3.05) is 0 Å². The first kappa shape index (κ1) is 27.5. The van der Waals surface area contributed by atoms with E-state index in [-0.39, 0.29) is 0 Å². The molecule has 0 saturated carbocycles. The summed E-state index contributed by atoms with van der Waals surface area (Å²) in [7, 11) is 0. The second-order valence-corrected chi connectivity index (χ2v) is 11.3. The van der Waals surface area contributed by atoms with Crippen LogP contribution in [0.1, 0.15) is 33.4 Å². The summed E-state index contributed by atoms with van der Waals surface area (Å²) in [5.41, 5.74) is 9.55. The SMILES string of the molecule is C(=Cc1cscc1-c1cscc1C=Cc1ccc(OCc2ccccc2)cc1)c1ccc(OCc2ccccc2)cc1. The Morgan fingerprint density at radius 2 is 0.833 bits per heavy atom. The number of thiophene rings is 2. The summed E-state index contributed by atoms with van der Waals surface area (Å²) in [6.07, 6.45) is 8.72. The molecule has 4 aromatic carbocycles. The highest BCUT2D eigenvalue weighted by Crippen LogP contribution is 2.35. The molecule has 0 bridgehead atoms. The van der Waals surface area contributed by atoms with Crippen molar-refractivity contribution < 1.29 is 9.47 Å². The monoisotopic (exact) mass is 582 g/mol. The number of hydrogen-bond donors (Lipinski definition) is 0. The van der Waals surface area contributed by atoms with Crippen molar-refractivity contribution in [1.82, 2.24) is 0 Å². The molecule has 0 aliphatic carbocycles. The lowest BCUT2D eigenvalue weighted by molar-refractivity contribution is 0.306. The molecule has 0 spiro atoms. The predicted molar refractivity (Wildman–Crippen MR) is 180 cm³/mol. The summed E-state index contributed by atoms with van der Waals surface area (Å²) >= 11 is 3.46. The number of ether oxygens (including phenoxy) is 2. The minimum Gasteiger partial charge on any atom is -0.489 e. The summed E-state index contributed by atoms with van der Waals surface area (Å²) in [5.74, 6) is 1.74. The van der Waals surface area contributed by atoms with Gasteiger partial charge >= 0.3 is 0 Å². The van der Waals surface area contributed by atoms with Gasteiger partial charge in [-0.1, -0.05) is 109 Å². The third-order valence-electron chi connectivity index (χ3n) is 6.84. The second-order valence-electron chi connectivity index (χ2n) is 9.83. The maximum atomic E-state index is 5.93. The molecule has 0 aliphatic heterocycles. The lowest BCUT2D eigenvalue weighted by atomic mass is 10.0. The third kappa shape index (κ3) is 7.35. The maximum absolute atomic E-state index is 5.93. The molecule has 6 rings (SSSR count). The molecule has 0 radical (unpaired) electrons. The molecule has 0 N–H and O–H groups in total. The molecule has 0 saturated heterocycles. The third-order valence-corrected chi connectivity index (χ3v) is 8.37. The maximum Gasteiger partial charge on any atom is 0.119 e. The van der Waals surface area contributed by atoms with Crippen LogP contribution in [0, 0.1) is 0 Å². The van der Waals surface area contributed by atoms with E-state index < -0.39 is 0 Å². The molecular weight excluding hydrogens is 553 g/mol. The zero-order valence-corrected chi connectivity index (χ0v) is 24.7. The highest BCUT2D eigenvalue weighted by Gasteiger charge is 2.09. The molecule has 0 unspecified atom stereocenters. The Hall–Kier alpha value is -4.64. The van der Waals surface area contributed by atoms with Crippen molar-refractivity contribution in [3.05, 3.63) is 164 Å². The van der Waals surface area contributed by atoms with Gasteiger partial charge in [-0.25, -0.2) is 0 Å². The molecule has 2 nitrogen and oxygen atoms in total. The van der Waals surface area contributed by atoms with E-state index in [1.54, 1.807) is 22.7 Å². The van der Waals surface area contributed by atoms with Crippen LogP contribution in [0.4, 0.5) is 0 Å². The fourth-order valence-corrected chi connectivity index (χ4v) is 6.15. The normalized spacial score (nSPS) is 11.3. The van der Waals surface area contributed by atoms with Crippen molar-refractivity contribution >= 4 is 47.0 Å². The summed E-state index contributed by atoms with van der Waals surface area (Å²) in [5, 5.41) is 8.89. The van der Waals surface area contributed by atoms with Gasteiger partial charge in [0.05, 0.1) is 0 Å². The van der Waals surface area contributed by atoms with Gasteiger partial charge in [-0.2, -0.15) is 22.7 Å². The Morgan fingerprint density at radius 1 is 0.429 bits per heavy atom. The average molecular weight is 583 g/mol. The summed E-state index contributed by atoms with van der Waals surface area (Å²) in [6.45, 7) is 1.14. The van der Waals surface area contributed by atoms with Crippen LogP contribution in [0.3, 0.4) is 0 Å². The first-order valence-corrected chi connectivity index (χ1v) is 15.7. The summed E-state index contributed by atoms with van der Waals surface area (Å²) < 4.78 is 11.9. The molecule has 0 fully saturated rings. The van der Waals surface area contributed by atoms with Gasteiger partial charge in [-0.3, -0.25) is 0 Å². The van der Waals surface area contributed by atoms with E-state index in [1.807, 2.05) is 60.7 Å². The molecule has 42 heavy (non-hydrogen) atoms. The lowest BCUT2D eigenvalue weighted by Crippen LogP contribution is -1.94. The van der Waals surface area contributed by atoms with E-state index in [0.717, 1.165) is 33.8 Å². The van der Waals surface area contributed by atoms with E-state index in [2.05, 4.69) is 94.4 Å². The highest BCUT2D eigenvalue weighted by atomic mass is 32.1. The zero-order chi connectivity index (χ0) is 28.4. The molecule has 2 heterocycles. The van der Waals surface area contributed by atoms with Gasteiger partial charge in [0.15, 0.2) is 0 Å². The number of rotatable bonds is 11. The number of benzene rings is 4. The van der Waals surface area contributed by atoms with Gasteiger partial charge in [0.2, 0.25) is 0 Å². The number of hydrogen-bond acceptors (Lipinski definition) is 4. The fourth-order valence-electron chi connectivity index (χ4n) is 4.51. The first-order valence-electron chi connectivity index (χ1n) is 13.8.